The van der Waals surface area contributed by atoms with Crippen molar-refractivity contribution in [3.63, 3.8) is 0 Å². The predicted molar refractivity (Wildman–Crippen MR) is 116 cm³/mol. The van der Waals surface area contributed by atoms with Crippen molar-refractivity contribution in [3.05, 3.63) is 24.2 Å². The van der Waals surface area contributed by atoms with E-state index in [2.05, 4.69) is 0 Å². The van der Waals surface area contributed by atoms with Crippen molar-refractivity contribution in [2.24, 2.45) is 28.6 Å². The minimum atomic E-state index is -0.843. The monoisotopic (exact) mass is 476 g/mol. The van der Waals surface area contributed by atoms with E-state index in [1.165, 1.54) is 27.2 Å². The van der Waals surface area contributed by atoms with Crippen molar-refractivity contribution in [2.75, 3.05) is 7.11 Å². The maximum Gasteiger partial charge on any atom is 0.310 e. The summed E-state index contributed by atoms with van der Waals surface area (Å²) in [5.41, 5.74) is -0.635. The largest absolute Gasteiger partial charge is 0.472 e. The lowest BCUT2D eigenvalue weighted by Gasteiger charge is -2.63. The van der Waals surface area contributed by atoms with Crippen LogP contribution >= 0.6 is 0 Å². The molecule has 1 aromatic rings. The van der Waals surface area contributed by atoms with Crippen molar-refractivity contribution in [2.45, 2.75) is 71.7 Å². The number of hydrogen-bond acceptors (Lipinski definition) is 9. The average molecular weight is 477 g/mol. The minimum absolute atomic E-state index is 0.174. The molecule has 9 heteroatoms. The highest BCUT2D eigenvalue weighted by atomic mass is 16.6. The quantitative estimate of drug-likeness (QED) is 0.476. The molecule has 2 heterocycles. The molecule has 4 rings (SSSR count). The van der Waals surface area contributed by atoms with Crippen molar-refractivity contribution in [1.29, 1.82) is 0 Å². The first-order valence-corrected chi connectivity index (χ1v) is 11.7. The lowest BCUT2D eigenvalue weighted by atomic mass is 9.42. The average Bonchev–Trinajstić information content (AvgIpc) is 3.28. The number of hydrogen-bond donors (Lipinski definition) is 0. The third-order valence-corrected chi connectivity index (χ3v) is 8.34. The van der Waals surface area contributed by atoms with Crippen LogP contribution in [-0.2, 0) is 38.1 Å². The molecule has 0 N–H and O–H groups in total. The Hall–Kier alpha value is -2.84. The second kappa shape index (κ2) is 8.74. The van der Waals surface area contributed by atoms with Crippen molar-refractivity contribution >= 4 is 23.9 Å². The molecule has 0 bridgehead atoms. The maximum atomic E-state index is 13.2. The van der Waals surface area contributed by atoms with Crippen LogP contribution in [-0.4, -0.2) is 43.2 Å². The van der Waals surface area contributed by atoms with Gasteiger partial charge in [-0.1, -0.05) is 13.8 Å². The van der Waals surface area contributed by atoms with Gasteiger partial charge in [-0.3, -0.25) is 19.2 Å². The number of cyclic esters (lactones) is 1. The fraction of sp³-hybridized carbons (Fsp3) is 0.680. The SMILES string of the molecule is COC(=O)[C@@H]1C[C@H](OC(C)=O)[C@H](OC(C)=O)C2[C@@]3(C)C[C@@H](c4ccoc4)OC(=O)[C@H]3CC[C@]21C. The molecule has 3 fully saturated rings. The number of rotatable bonds is 4. The molecular weight excluding hydrogens is 444 g/mol. The summed E-state index contributed by atoms with van der Waals surface area (Å²) in [5, 5.41) is 0. The lowest BCUT2D eigenvalue weighted by molar-refractivity contribution is -0.245. The fourth-order valence-corrected chi connectivity index (χ4v) is 7.04. The zero-order valence-corrected chi connectivity index (χ0v) is 20.2. The number of furan rings is 1. The molecule has 2 aliphatic carbocycles. The van der Waals surface area contributed by atoms with Gasteiger partial charge in [-0.2, -0.15) is 0 Å². The molecule has 0 spiro atoms. The highest BCUT2D eigenvalue weighted by Gasteiger charge is 2.68. The van der Waals surface area contributed by atoms with E-state index >= 15 is 0 Å². The Kier molecular flexibility index (Phi) is 6.25. The Labute approximate surface area is 198 Å². The second-order valence-electron chi connectivity index (χ2n) is 10.3. The maximum absolute atomic E-state index is 13.2. The van der Waals surface area contributed by atoms with Gasteiger partial charge in [-0.05, 0) is 36.2 Å². The molecular formula is C25H32O9. The van der Waals surface area contributed by atoms with Crippen molar-refractivity contribution in [1.82, 2.24) is 0 Å². The van der Waals surface area contributed by atoms with Gasteiger partial charge in [0.05, 0.1) is 31.5 Å². The molecule has 1 aliphatic heterocycles. The Morgan fingerprint density at radius 1 is 1.09 bits per heavy atom. The van der Waals surface area contributed by atoms with Gasteiger partial charge >= 0.3 is 23.9 Å². The molecule has 1 unspecified atom stereocenters. The van der Waals surface area contributed by atoms with Gasteiger partial charge in [-0.15, -0.1) is 0 Å². The lowest BCUT2D eigenvalue weighted by Crippen LogP contribution is -2.66. The number of ether oxygens (including phenoxy) is 4. The highest BCUT2D eigenvalue weighted by molar-refractivity contribution is 5.77. The molecule has 0 aromatic carbocycles. The van der Waals surface area contributed by atoms with E-state index in [0.29, 0.717) is 19.3 Å². The van der Waals surface area contributed by atoms with E-state index in [1.54, 1.807) is 12.3 Å². The summed E-state index contributed by atoms with van der Waals surface area (Å²) < 4.78 is 27.6. The predicted octanol–water partition coefficient (Wildman–Crippen LogP) is 3.36. The van der Waals surface area contributed by atoms with E-state index in [9.17, 15) is 19.2 Å². The molecule has 1 saturated heterocycles. The number of esters is 4. The molecule has 186 valence electrons. The molecule has 0 amide bonds. The van der Waals surface area contributed by atoms with E-state index in [4.69, 9.17) is 23.4 Å². The van der Waals surface area contributed by atoms with E-state index < -0.39 is 64.8 Å². The zero-order valence-electron chi connectivity index (χ0n) is 20.2. The standard InChI is InChI=1S/C25H32O9/c1-13(26)32-18-10-17(22(28)30-5)24(3)8-6-16-23(29)34-19(15-7-9-31-12-15)11-25(16,4)21(24)20(18)33-14(2)27/h7,9,12,16-21H,6,8,10-11H2,1-5H3/t16-,17+,18+,19+,20+,21?,24+,25+/m1/s1. The molecule has 3 aliphatic rings. The summed E-state index contributed by atoms with van der Waals surface area (Å²) in [6.45, 7) is 6.58. The summed E-state index contributed by atoms with van der Waals surface area (Å²) in [5.74, 6) is -3.30. The first-order chi connectivity index (χ1) is 16.0. The number of carbonyl (C=O) groups is 4. The van der Waals surface area contributed by atoms with Crippen molar-refractivity contribution in [3.8, 4) is 0 Å². The topological polar surface area (TPSA) is 118 Å². The van der Waals surface area contributed by atoms with Crippen LogP contribution in [0.3, 0.4) is 0 Å². The van der Waals surface area contributed by atoms with Gasteiger partial charge in [0.2, 0.25) is 0 Å². The van der Waals surface area contributed by atoms with Crippen LogP contribution in [0.4, 0.5) is 0 Å². The third-order valence-electron chi connectivity index (χ3n) is 8.34. The Morgan fingerprint density at radius 3 is 2.38 bits per heavy atom. The van der Waals surface area contributed by atoms with Crippen LogP contribution in [0.2, 0.25) is 0 Å². The van der Waals surface area contributed by atoms with Crippen molar-refractivity contribution < 1.29 is 42.5 Å². The van der Waals surface area contributed by atoms with E-state index in [-0.39, 0.29) is 12.4 Å². The zero-order chi connectivity index (χ0) is 24.8. The van der Waals surface area contributed by atoms with Crippen LogP contribution < -0.4 is 0 Å². The first-order valence-electron chi connectivity index (χ1n) is 11.7. The summed E-state index contributed by atoms with van der Waals surface area (Å²) in [4.78, 5) is 50.4. The van der Waals surface area contributed by atoms with Crippen LogP contribution in [0.1, 0.15) is 65.0 Å². The molecule has 9 nitrogen and oxygen atoms in total. The second-order valence-corrected chi connectivity index (χ2v) is 10.3. The highest BCUT2D eigenvalue weighted by Crippen LogP contribution is 2.66. The minimum Gasteiger partial charge on any atom is -0.472 e. The molecule has 1 aromatic heterocycles. The van der Waals surface area contributed by atoms with Crippen LogP contribution in [0.25, 0.3) is 0 Å². The van der Waals surface area contributed by atoms with Crippen LogP contribution in [0.15, 0.2) is 23.0 Å². The summed E-state index contributed by atoms with van der Waals surface area (Å²) in [6.07, 6.45) is 2.54. The third kappa shape index (κ3) is 3.88. The molecule has 2 saturated carbocycles. The molecule has 8 atom stereocenters. The number of carbonyl (C=O) groups excluding carboxylic acids is 4. The first kappa shape index (κ1) is 24.3. The summed E-state index contributed by atoms with van der Waals surface area (Å²) >= 11 is 0. The van der Waals surface area contributed by atoms with Gasteiger partial charge in [0.15, 0.2) is 0 Å². The van der Waals surface area contributed by atoms with Gasteiger partial charge in [0.25, 0.3) is 0 Å². The fourth-order valence-electron chi connectivity index (χ4n) is 7.04. The van der Waals surface area contributed by atoms with Gasteiger partial charge in [0.1, 0.15) is 18.3 Å². The summed E-state index contributed by atoms with van der Waals surface area (Å²) in [7, 11) is 1.33. The van der Waals surface area contributed by atoms with Gasteiger partial charge < -0.3 is 23.4 Å². The smallest absolute Gasteiger partial charge is 0.310 e. The van der Waals surface area contributed by atoms with Crippen LogP contribution in [0.5, 0.6) is 0 Å². The molecule has 0 radical (unpaired) electrons. The van der Waals surface area contributed by atoms with E-state index in [1.807, 2.05) is 13.8 Å². The number of fused-ring (bicyclic) bond motifs is 3. The van der Waals surface area contributed by atoms with Gasteiger partial charge in [-0.25, -0.2) is 0 Å². The van der Waals surface area contributed by atoms with E-state index in [0.717, 1.165) is 5.56 Å². The Balaban J connectivity index is 1.85. The van der Waals surface area contributed by atoms with Crippen LogP contribution in [0, 0.1) is 28.6 Å². The normalized spacial score (nSPS) is 39.1. The summed E-state index contributed by atoms with van der Waals surface area (Å²) in [6, 6.07) is 1.76. The Bertz CT molecular complexity index is 969. The molecule has 34 heavy (non-hydrogen) atoms. The van der Waals surface area contributed by atoms with Gasteiger partial charge in [0, 0.05) is 31.7 Å². The Morgan fingerprint density at radius 2 is 1.79 bits per heavy atom. The number of methoxy groups -OCH3 is 1.